The van der Waals surface area contributed by atoms with Crippen LogP contribution in [0.4, 0.5) is 5.69 Å². The summed E-state index contributed by atoms with van der Waals surface area (Å²) in [6.45, 7) is 2.72. The van der Waals surface area contributed by atoms with E-state index in [0.29, 0.717) is 11.8 Å². The van der Waals surface area contributed by atoms with Gasteiger partial charge in [0.2, 0.25) is 0 Å². The number of carbonyl (C=O) groups excluding carboxylic acids is 2. The number of hydrogen-bond donors (Lipinski definition) is 0. The molecule has 0 aliphatic heterocycles. The van der Waals surface area contributed by atoms with Crippen LogP contribution in [-0.4, -0.2) is 17.2 Å². The predicted octanol–water partition coefficient (Wildman–Crippen LogP) is 1.64. The van der Waals surface area contributed by atoms with Crippen molar-refractivity contribution in [3.05, 3.63) is 33.4 Å². The molecule has 0 aromatic heterocycles. The molecule has 1 aromatic carbocycles. The lowest BCUT2D eigenvalue weighted by molar-refractivity contribution is -0.384. The topological polar surface area (TPSA) is 86.5 Å². The Morgan fingerprint density at radius 2 is 2.12 bits per heavy atom. The normalized spacial score (nSPS) is 9.62. The van der Waals surface area contributed by atoms with E-state index in [1.54, 1.807) is 0 Å². The number of rotatable bonds is 3. The number of esters is 1. The standard InChI is InChI=1S/C10H9NO5/c1-6-3-9(11(14)15)4-8(5-12)10(6)16-7(2)13/h3-5H,1-2H3. The Labute approximate surface area is 91.0 Å². The molecule has 0 N–H and O–H groups in total. The van der Waals surface area contributed by atoms with Crippen molar-refractivity contribution < 1.29 is 19.2 Å². The number of aldehydes is 1. The van der Waals surface area contributed by atoms with E-state index in [4.69, 9.17) is 4.74 Å². The number of non-ortho nitro benzene ring substituents is 1. The summed E-state index contributed by atoms with van der Waals surface area (Å²) >= 11 is 0. The summed E-state index contributed by atoms with van der Waals surface area (Å²) in [4.78, 5) is 31.4. The van der Waals surface area contributed by atoms with Crippen LogP contribution in [0, 0.1) is 17.0 Å². The Morgan fingerprint density at radius 3 is 2.56 bits per heavy atom. The van der Waals surface area contributed by atoms with Crippen LogP contribution >= 0.6 is 0 Å². The summed E-state index contributed by atoms with van der Waals surface area (Å²) in [7, 11) is 0. The molecule has 0 aliphatic rings. The van der Waals surface area contributed by atoms with Gasteiger partial charge in [-0.1, -0.05) is 0 Å². The van der Waals surface area contributed by atoms with Crippen molar-refractivity contribution in [1.82, 2.24) is 0 Å². The van der Waals surface area contributed by atoms with Crippen molar-refractivity contribution in [2.75, 3.05) is 0 Å². The molecule has 0 saturated heterocycles. The average molecular weight is 223 g/mol. The molecule has 1 aromatic rings. The molecule has 6 nitrogen and oxygen atoms in total. The summed E-state index contributed by atoms with van der Waals surface area (Å²) < 4.78 is 4.81. The predicted molar refractivity (Wildman–Crippen MR) is 54.5 cm³/mol. The van der Waals surface area contributed by atoms with Crippen molar-refractivity contribution in [2.45, 2.75) is 13.8 Å². The van der Waals surface area contributed by atoms with Crippen LogP contribution in [0.1, 0.15) is 22.8 Å². The lowest BCUT2D eigenvalue weighted by Gasteiger charge is -2.07. The second-order valence-corrected chi connectivity index (χ2v) is 3.15. The van der Waals surface area contributed by atoms with Crippen molar-refractivity contribution in [1.29, 1.82) is 0 Å². The molecule has 0 bridgehead atoms. The number of carbonyl (C=O) groups is 2. The molecule has 0 saturated carbocycles. The quantitative estimate of drug-likeness (QED) is 0.255. The largest absolute Gasteiger partial charge is 0.426 e. The number of nitro groups is 1. The molecule has 0 radical (unpaired) electrons. The molecule has 84 valence electrons. The number of hydrogen-bond acceptors (Lipinski definition) is 5. The Kier molecular flexibility index (Phi) is 3.34. The van der Waals surface area contributed by atoms with Gasteiger partial charge in [-0.15, -0.1) is 0 Å². The van der Waals surface area contributed by atoms with Gasteiger partial charge in [0.25, 0.3) is 5.69 Å². The fraction of sp³-hybridized carbons (Fsp3) is 0.200. The van der Waals surface area contributed by atoms with Crippen LogP contribution in [0.5, 0.6) is 5.75 Å². The molecule has 16 heavy (non-hydrogen) atoms. The van der Waals surface area contributed by atoms with Crippen LogP contribution in [-0.2, 0) is 4.79 Å². The van der Waals surface area contributed by atoms with Gasteiger partial charge in [-0.05, 0) is 12.5 Å². The molecule has 0 atom stereocenters. The number of nitrogens with zero attached hydrogens (tertiary/aromatic N) is 1. The third-order valence-corrected chi connectivity index (χ3v) is 1.87. The van der Waals surface area contributed by atoms with E-state index in [1.807, 2.05) is 0 Å². The molecular formula is C10H9NO5. The van der Waals surface area contributed by atoms with E-state index in [-0.39, 0.29) is 17.0 Å². The third kappa shape index (κ3) is 2.41. The van der Waals surface area contributed by atoms with Crippen LogP contribution in [0.2, 0.25) is 0 Å². The highest BCUT2D eigenvalue weighted by atomic mass is 16.6. The zero-order valence-corrected chi connectivity index (χ0v) is 8.72. The summed E-state index contributed by atoms with van der Waals surface area (Å²) in [5.41, 5.74) is 0.143. The highest BCUT2D eigenvalue weighted by Crippen LogP contribution is 2.27. The van der Waals surface area contributed by atoms with Gasteiger partial charge in [-0.3, -0.25) is 19.7 Å². The first-order valence-corrected chi connectivity index (χ1v) is 4.38. The zero-order chi connectivity index (χ0) is 12.3. The van der Waals surface area contributed by atoms with Crippen LogP contribution < -0.4 is 4.74 Å². The Bertz CT molecular complexity index is 467. The van der Waals surface area contributed by atoms with Crippen LogP contribution in [0.25, 0.3) is 0 Å². The van der Waals surface area contributed by atoms with E-state index in [1.165, 1.54) is 19.9 Å². The van der Waals surface area contributed by atoms with Gasteiger partial charge in [0.15, 0.2) is 6.29 Å². The first-order valence-electron chi connectivity index (χ1n) is 4.38. The molecule has 0 aliphatic carbocycles. The maximum absolute atomic E-state index is 10.8. The Morgan fingerprint density at radius 1 is 1.50 bits per heavy atom. The minimum atomic E-state index is -0.614. The first kappa shape index (κ1) is 11.8. The molecule has 0 unspecified atom stereocenters. The molecule has 0 spiro atoms. The molecule has 6 heteroatoms. The number of aryl methyl sites for hydroxylation is 1. The molecular weight excluding hydrogens is 214 g/mol. The van der Waals surface area contributed by atoms with E-state index in [0.717, 1.165) is 6.07 Å². The van der Waals surface area contributed by atoms with Gasteiger partial charge in [0, 0.05) is 19.1 Å². The smallest absolute Gasteiger partial charge is 0.308 e. The zero-order valence-electron chi connectivity index (χ0n) is 8.72. The van der Waals surface area contributed by atoms with Crippen molar-refractivity contribution in [2.24, 2.45) is 0 Å². The second kappa shape index (κ2) is 4.52. The van der Waals surface area contributed by atoms with E-state index in [9.17, 15) is 19.7 Å². The van der Waals surface area contributed by atoms with E-state index >= 15 is 0 Å². The maximum Gasteiger partial charge on any atom is 0.308 e. The first-order chi connectivity index (χ1) is 7.45. The molecule has 0 fully saturated rings. The number of ether oxygens (including phenoxy) is 1. The minimum Gasteiger partial charge on any atom is -0.426 e. The summed E-state index contributed by atoms with van der Waals surface area (Å²) in [5.74, 6) is -0.520. The summed E-state index contributed by atoms with van der Waals surface area (Å²) in [6.07, 6.45) is 0.415. The van der Waals surface area contributed by atoms with Gasteiger partial charge < -0.3 is 4.74 Å². The lowest BCUT2D eigenvalue weighted by atomic mass is 10.1. The maximum atomic E-state index is 10.8. The van der Waals surface area contributed by atoms with Gasteiger partial charge in [-0.2, -0.15) is 0 Å². The minimum absolute atomic E-state index is 0.0121. The average Bonchev–Trinajstić information content (AvgIpc) is 2.19. The van der Waals surface area contributed by atoms with Crippen LogP contribution in [0.3, 0.4) is 0 Å². The van der Waals surface area contributed by atoms with Crippen molar-refractivity contribution in [3.8, 4) is 5.75 Å². The summed E-state index contributed by atoms with van der Waals surface area (Å²) in [6, 6.07) is 2.31. The van der Waals surface area contributed by atoms with Gasteiger partial charge in [0.1, 0.15) is 5.75 Å². The number of benzene rings is 1. The Hall–Kier alpha value is -2.24. The molecule has 1 rings (SSSR count). The van der Waals surface area contributed by atoms with Gasteiger partial charge in [-0.25, -0.2) is 0 Å². The fourth-order valence-corrected chi connectivity index (χ4v) is 1.26. The van der Waals surface area contributed by atoms with Gasteiger partial charge in [0.05, 0.1) is 10.5 Å². The van der Waals surface area contributed by atoms with Crippen LogP contribution in [0.15, 0.2) is 12.1 Å². The van der Waals surface area contributed by atoms with Crippen molar-refractivity contribution in [3.63, 3.8) is 0 Å². The molecule has 0 amide bonds. The number of nitro benzene ring substituents is 1. The molecule has 0 heterocycles. The fourth-order valence-electron chi connectivity index (χ4n) is 1.26. The van der Waals surface area contributed by atoms with E-state index in [2.05, 4.69) is 0 Å². The van der Waals surface area contributed by atoms with Crippen molar-refractivity contribution >= 4 is 17.9 Å². The van der Waals surface area contributed by atoms with Gasteiger partial charge >= 0.3 is 5.97 Å². The van der Waals surface area contributed by atoms with E-state index < -0.39 is 10.9 Å². The SMILES string of the molecule is CC(=O)Oc1c(C)cc([N+](=O)[O-])cc1C=O. The lowest BCUT2D eigenvalue weighted by Crippen LogP contribution is -2.06. The second-order valence-electron chi connectivity index (χ2n) is 3.15. The highest BCUT2D eigenvalue weighted by Gasteiger charge is 2.16. The monoisotopic (exact) mass is 223 g/mol. The summed E-state index contributed by atoms with van der Waals surface area (Å²) in [5, 5.41) is 10.5. The Balaban J connectivity index is 3.33. The third-order valence-electron chi connectivity index (χ3n) is 1.87. The highest BCUT2D eigenvalue weighted by molar-refractivity contribution is 5.84.